The number of ether oxygens (including phenoxy) is 2. The first kappa shape index (κ1) is 18.0. The minimum absolute atomic E-state index is 0.140. The van der Waals surface area contributed by atoms with Crippen LogP contribution >= 0.6 is 11.6 Å². The van der Waals surface area contributed by atoms with Crippen LogP contribution in [0.5, 0.6) is 11.5 Å². The monoisotopic (exact) mass is 398 g/mol. The number of likely N-dealkylation sites (tertiary alicyclic amines) is 1. The predicted octanol–water partition coefficient (Wildman–Crippen LogP) is 4.06. The molecule has 0 bridgehead atoms. The lowest BCUT2D eigenvalue weighted by Crippen LogP contribution is -2.56. The summed E-state index contributed by atoms with van der Waals surface area (Å²) in [5.41, 5.74) is 0.775. The first-order valence-corrected chi connectivity index (χ1v) is 10.2. The average Bonchev–Trinajstić information content (AvgIpc) is 3.17. The molecule has 0 aliphatic carbocycles. The largest absolute Gasteiger partial charge is 0.457 e. The lowest BCUT2D eigenvalue weighted by molar-refractivity contribution is -0.180. The summed E-state index contributed by atoms with van der Waals surface area (Å²) in [6, 6.07) is 15.6. The Morgan fingerprint density at radius 3 is 2.86 bits per heavy atom. The Morgan fingerprint density at radius 2 is 2.00 bits per heavy atom. The van der Waals surface area contributed by atoms with Crippen molar-refractivity contribution in [2.24, 2.45) is 0 Å². The summed E-state index contributed by atoms with van der Waals surface area (Å²) in [6.45, 7) is 3.30. The van der Waals surface area contributed by atoms with Crippen LogP contribution in [0.15, 0.2) is 48.5 Å². The van der Waals surface area contributed by atoms with Crippen LogP contribution in [0.2, 0.25) is 5.02 Å². The minimum Gasteiger partial charge on any atom is -0.457 e. The van der Waals surface area contributed by atoms with Gasteiger partial charge in [-0.05, 0) is 48.4 Å². The Morgan fingerprint density at radius 1 is 1.14 bits per heavy atom. The number of benzene rings is 2. The Bertz CT molecular complexity index is 888. The van der Waals surface area contributed by atoms with E-state index < -0.39 is 5.72 Å². The van der Waals surface area contributed by atoms with Crippen molar-refractivity contribution in [2.75, 3.05) is 19.7 Å². The van der Waals surface area contributed by atoms with Crippen molar-refractivity contribution >= 4 is 17.5 Å². The number of hydrogen-bond acceptors (Lipinski definition) is 4. The Hall–Kier alpha value is -2.08. The molecule has 3 aliphatic rings. The lowest BCUT2D eigenvalue weighted by atomic mass is 10.0. The molecule has 0 radical (unpaired) electrons. The van der Waals surface area contributed by atoms with Gasteiger partial charge in [0.25, 0.3) is 0 Å². The maximum Gasteiger partial charge on any atom is 0.226 e. The van der Waals surface area contributed by atoms with E-state index in [1.807, 2.05) is 41.3 Å². The first-order chi connectivity index (χ1) is 13.6. The van der Waals surface area contributed by atoms with Crippen LogP contribution in [0.3, 0.4) is 0 Å². The van der Waals surface area contributed by atoms with E-state index in [2.05, 4.69) is 17.0 Å². The Kier molecular flexibility index (Phi) is 4.54. The van der Waals surface area contributed by atoms with Crippen molar-refractivity contribution in [3.63, 3.8) is 0 Å². The molecule has 3 fully saturated rings. The zero-order valence-corrected chi connectivity index (χ0v) is 16.4. The lowest BCUT2D eigenvalue weighted by Gasteiger charge is -2.42. The van der Waals surface area contributed by atoms with Crippen LogP contribution < -0.4 is 4.74 Å². The highest BCUT2D eigenvalue weighted by Gasteiger charge is 2.60. The molecular formula is C22H23ClN2O3. The van der Waals surface area contributed by atoms with Crippen molar-refractivity contribution in [1.29, 1.82) is 0 Å². The number of carbonyl (C=O) groups excluding carboxylic acids is 1. The van der Waals surface area contributed by atoms with Gasteiger partial charge in [-0.3, -0.25) is 9.69 Å². The molecule has 3 heterocycles. The van der Waals surface area contributed by atoms with Gasteiger partial charge in [-0.25, -0.2) is 0 Å². The molecule has 5 nitrogen and oxygen atoms in total. The summed E-state index contributed by atoms with van der Waals surface area (Å²) in [4.78, 5) is 16.9. The maximum absolute atomic E-state index is 12.5. The number of amides is 1. The van der Waals surface area contributed by atoms with E-state index in [0.717, 1.165) is 50.6 Å². The third-order valence-electron chi connectivity index (χ3n) is 6.06. The second-order valence-corrected chi connectivity index (χ2v) is 8.17. The van der Waals surface area contributed by atoms with Crippen molar-refractivity contribution in [3.8, 4) is 11.5 Å². The fraction of sp³-hybridized carbons (Fsp3) is 0.409. The molecule has 0 unspecified atom stereocenters. The van der Waals surface area contributed by atoms with Gasteiger partial charge in [0, 0.05) is 37.5 Å². The molecular weight excluding hydrogens is 376 g/mol. The molecule has 5 rings (SSSR count). The van der Waals surface area contributed by atoms with Crippen LogP contribution in [0.4, 0.5) is 0 Å². The Balaban J connectivity index is 1.32. The van der Waals surface area contributed by atoms with Gasteiger partial charge >= 0.3 is 0 Å². The molecule has 6 heteroatoms. The molecule has 3 aliphatic heterocycles. The van der Waals surface area contributed by atoms with Crippen molar-refractivity contribution in [1.82, 2.24) is 9.80 Å². The van der Waals surface area contributed by atoms with Gasteiger partial charge < -0.3 is 14.4 Å². The van der Waals surface area contributed by atoms with Gasteiger partial charge in [0.05, 0.1) is 12.6 Å². The van der Waals surface area contributed by atoms with Crippen molar-refractivity contribution in [2.45, 2.75) is 37.6 Å². The third kappa shape index (κ3) is 3.08. The minimum atomic E-state index is -0.396. The first-order valence-electron chi connectivity index (χ1n) is 9.85. The van der Waals surface area contributed by atoms with E-state index >= 15 is 0 Å². The fourth-order valence-corrected chi connectivity index (χ4v) is 4.93. The zero-order valence-electron chi connectivity index (χ0n) is 15.6. The van der Waals surface area contributed by atoms with Crippen LogP contribution in [-0.2, 0) is 16.1 Å². The molecule has 0 aromatic heterocycles. The van der Waals surface area contributed by atoms with Crippen LogP contribution in [0.25, 0.3) is 0 Å². The summed E-state index contributed by atoms with van der Waals surface area (Å²) in [5, 5.41) is 0.689. The highest BCUT2D eigenvalue weighted by molar-refractivity contribution is 6.30. The molecule has 1 spiro atoms. The SMILES string of the molecule is O=C1C[C@H]2N(Cc3cccc(Oc4ccc(Cl)cc4)c3)CC[C@]23OCCCN13. The maximum atomic E-state index is 12.5. The molecule has 2 aromatic carbocycles. The number of nitrogens with zero attached hydrogens (tertiary/aromatic N) is 2. The van der Waals surface area contributed by atoms with Gasteiger partial charge in [-0.1, -0.05) is 23.7 Å². The summed E-state index contributed by atoms with van der Waals surface area (Å²) in [7, 11) is 0. The van der Waals surface area contributed by atoms with E-state index in [4.69, 9.17) is 21.1 Å². The van der Waals surface area contributed by atoms with Gasteiger partial charge in [-0.15, -0.1) is 0 Å². The van der Waals surface area contributed by atoms with Crippen LogP contribution in [0.1, 0.15) is 24.8 Å². The molecule has 2 aromatic rings. The zero-order chi connectivity index (χ0) is 19.1. The van der Waals surface area contributed by atoms with E-state index in [1.54, 1.807) is 0 Å². The van der Waals surface area contributed by atoms with E-state index in [0.29, 0.717) is 11.4 Å². The second-order valence-electron chi connectivity index (χ2n) is 7.74. The summed E-state index contributed by atoms with van der Waals surface area (Å²) in [6.07, 6.45) is 2.38. The summed E-state index contributed by atoms with van der Waals surface area (Å²) in [5.74, 6) is 1.79. The molecule has 0 N–H and O–H groups in total. The molecule has 0 saturated carbocycles. The number of halogens is 1. The van der Waals surface area contributed by atoms with E-state index in [9.17, 15) is 4.79 Å². The van der Waals surface area contributed by atoms with E-state index in [-0.39, 0.29) is 11.9 Å². The summed E-state index contributed by atoms with van der Waals surface area (Å²) < 4.78 is 12.2. The number of hydrogen-bond donors (Lipinski definition) is 0. The topological polar surface area (TPSA) is 42.0 Å². The van der Waals surface area contributed by atoms with Gasteiger partial charge in [0.15, 0.2) is 5.72 Å². The van der Waals surface area contributed by atoms with Crippen molar-refractivity contribution < 1.29 is 14.3 Å². The summed E-state index contributed by atoms with van der Waals surface area (Å²) >= 11 is 5.94. The quantitative estimate of drug-likeness (QED) is 0.779. The fourth-order valence-electron chi connectivity index (χ4n) is 4.80. The molecule has 2 atom stereocenters. The highest BCUT2D eigenvalue weighted by Crippen LogP contribution is 2.45. The predicted molar refractivity (Wildman–Crippen MR) is 106 cm³/mol. The van der Waals surface area contributed by atoms with Crippen LogP contribution in [0, 0.1) is 0 Å². The normalized spacial score (nSPS) is 27.0. The van der Waals surface area contributed by atoms with Crippen LogP contribution in [-0.4, -0.2) is 47.2 Å². The van der Waals surface area contributed by atoms with Gasteiger partial charge in [0.2, 0.25) is 5.91 Å². The van der Waals surface area contributed by atoms with E-state index in [1.165, 1.54) is 5.56 Å². The number of carbonyl (C=O) groups is 1. The second kappa shape index (κ2) is 7.07. The average molecular weight is 399 g/mol. The van der Waals surface area contributed by atoms with Gasteiger partial charge in [-0.2, -0.15) is 0 Å². The number of rotatable bonds is 4. The standard InChI is InChI=1S/C22H23ClN2O3/c23-17-5-7-18(8-6-17)28-19-4-1-3-16(13-19)15-24-11-9-22-20(24)14-21(26)25(22)10-2-12-27-22/h1,3-8,13,20H,2,9-12,14-15H2/t20-,22+/m1/s1. The molecule has 3 saturated heterocycles. The highest BCUT2D eigenvalue weighted by atomic mass is 35.5. The molecule has 1 amide bonds. The van der Waals surface area contributed by atoms with Crippen molar-refractivity contribution in [3.05, 3.63) is 59.1 Å². The van der Waals surface area contributed by atoms with Gasteiger partial charge in [0.1, 0.15) is 11.5 Å². The molecule has 28 heavy (non-hydrogen) atoms. The smallest absolute Gasteiger partial charge is 0.226 e. The molecule has 146 valence electrons. The Labute approximate surface area is 169 Å². The third-order valence-corrected chi connectivity index (χ3v) is 6.31.